The first-order valence-electron chi connectivity index (χ1n) is 6.19. The Bertz CT molecular complexity index is 677. The zero-order valence-corrected chi connectivity index (χ0v) is 12.1. The summed E-state index contributed by atoms with van der Waals surface area (Å²) in [6.45, 7) is 1.61. The minimum absolute atomic E-state index is 0.00203. The van der Waals surface area contributed by atoms with Gasteiger partial charge in [0.1, 0.15) is 11.6 Å². The van der Waals surface area contributed by atoms with Crippen molar-refractivity contribution in [1.29, 1.82) is 0 Å². The lowest BCUT2D eigenvalue weighted by Crippen LogP contribution is -2.20. The van der Waals surface area contributed by atoms with E-state index in [9.17, 15) is 9.18 Å². The lowest BCUT2D eigenvalue weighted by Gasteiger charge is -2.10. The first-order chi connectivity index (χ1) is 9.95. The van der Waals surface area contributed by atoms with Crippen LogP contribution in [0.3, 0.4) is 0 Å². The highest BCUT2D eigenvalue weighted by atomic mass is 35.5. The van der Waals surface area contributed by atoms with E-state index in [-0.39, 0.29) is 23.3 Å². The molecule has 0 heterocycles. The van der Waals surface area contributed by atoms with Crippen molar-refractivity contribution in [2.24, 2.45) is 0 Å². The van der Waals surface area contributed by atoms with E-state index < -0.39 is 5.82 Å². The monoisotopic (exact) mass is 308 g/mol. The van der Waals surface area contributed by atoms with E-state index in [0.717, 1.165) is 11.6 Å². The molecule has 0 spiro atoms. The third-order valence-electron chi connectivity index (χ3n) is 2.80. The standard InChI is InChI=1S/C15H14ClFN2O2/c1-9-2-3-10(18)6-14(9)19-15(20)8-21-11-4-5-12(16)13(17)7-11/h2-7H,8,18H2,1H3,(H,19,20). The molecule has 2 aromatic carbocycles. The summed E-state index contributed by atoms with van der Waals surface area (Å²) >= 11 is 5.56. The molecule has 0 saturated heterocycles. The fourth-order valence-electron chi connectivity index (χ4n) is 1.68. The van der Waals surface area contributed by atoms with E-state index in [2.05, 4.69) is 5.32 Å². The predicted molar refractivity (Wildman–Crippen MR) is 81.1 cm³/mol. The number of nitrogens with two attached hydrogens (primary N) is 1. The Labute approximate surface area is 126 Å². The topological polar surface area (TPSA) is 64.3 Å². The second kappa shape index (κ2) is 6.45. The van der Waals surface area contributed by atoms with Crippen molar-refractivity contribution < 1.29 is 13.9 Å². The highest BCUT2D eigenvalue weighted by molar-refractivity contribution is 6.30. The number of aryl methyl sites for hydroxylation is 1. The molecule has 1 amide bonds. The van der Waals surface area contributed by atoms with Gasteiger partial charge in [0.15, 0.2) is 6.61 Å². The molecule has 0 fully saturated rings. The Balaban J connectivity index is 1.95. The Hall–Kier alpha value is -2.27. The van der Waals surface area contributed by atoms with Crippen LogP contribution in [0.1, 0.15) is 5.56 Å². The Morgan fingerprint density at radius 3 is 2.81 bits per heavy atom. The number of amides is 1. The van der Waals surface area contributed by atoms with Crippen LogP contribution in [-0.2, 0) is 4.79 Å². The van der Waals surface area contributed by atoms with Gasteiger partial charge in [-0.05, 0) is 36.8 Å². The molecule has 0 aliphatic heterocycles. The molecular weight excluding hydrogens is 295 g/mol. The number of halogens is 2. The molecule has 0 unspecified atom stereocenters. The number of hydrogen-bond donors (Lipinski definition) is 2. The molecule has 110 valence electrons. The van der Waals surface area contributed by atoms with Crippen molar-refractivity contribution in [3.8, 4) is 5.75 Å². The fourth-order valence-corrected chi connectivity index (χ4v) is 1.79. The van der Waals surface area contributed by atoms with Gasteiger partial charge in [-0.3, -0.25) is 4.79 Å². The van der Waals surface area contributed by atoms with Gasteiger partial charge >= 0.3 is 0 Å². The average Bonchev–Trinajstić information content (AvgIpc) is 2.44. The van der Waals surface area contributed by atoms with Gasteiger partial charge in [0.05, 0.1) is 5.02 Å². The number of benzene rings is 2. The lowest BCUT2D eigenvalue weighted by atomic mass is 10.2. The largest absolute Gasteiger partial charge is 0.484 e. The Morgan fingerprint density at radius 1 is 1.33 bits per heavy atom. The van der Waals surface area contributed by atoms with Crippen LogP contribution in [0.25, 0.3) is 0 Å². The van der Waals surface area contributed by atoms with Crippen molar-refractivity contribution in [2.75, 3.05) is 17.7 Å². The normalized spacial score (nSPS) is 10.2. The van der Waals surface area contributed by atoms with E-state index in [1.807, 2.05) is 6.92 Å². The van der Waals surface area contributed by atoms with Crippen LogP contribution in [-0.4, -0.2) is 12.5 Å². The maximum Gasteiger partial charge on any atom is 0.262 e. The minimum atomic E-state index is -0.596. The molecule has 0 aliphatic rings. The molecule has 3 N–H and O–H groups in total. The highest BCUT2D eigenvalue weighted by Gasteiger charge is 2.07. The number of ether oxygens (including phenoxy) is 1. The zero-order valence-electron chi connectivity index (χ0n) is 11.3. The van der Waals surface area contributed by atoms with Gasteiger partial charge in [-0.2, -0.15) is 0 Å². The summed E-state index contributed by atoms with van der Waals surface area (Å²) < 4.78 is 18.4. The molecule has 0 radical (unpaired) electrons. The van der Waals surface area contributed by atoms with Crippen LogP contribution >= 0.6 is 11.6 Å². The summed E-state index contributed by atoms with van der Waals surface area (Å²) in [6.07, 6.45) is 0. The number of nitrogen functional groups attached to an aromatic ring is 1. The Kier molecular flexibility index (Phi) is 4.65. The summed E-state index contributed by atoms with van der Waals surface area (Å²) in [4.78, 5) is 11.8. The highest BCUT2D eigenvalue weighted by Crippen LogP contribution is 2.21. The maximum absolute atomic E-state index is 13.2. The number of carbonyl (C=O) groups is 1. The van der Waals surface area contributed by atoms with Crippen LogP contribution < -0.4 is 15.8 Å². The summed E-state index contributed by atoms with van der Waals surface area (Å²) in [5.41, 5.74) is 7.72. The zero-order chi connectivity index (χ0) is 15.4. The quantitative estimate of drug-likeness (QED) is 0.851. The first kappa shape index (κ1) is 15.1. The van der Waals surface area contributed by atoms with E-state index in [1.165, 1.54) is 12.1 Å². The van der Waals surface area contributed by atoms with Crippen molar-refractivity contribution in [2.45, 2.75) is 6.92 Å². The molecule has 4 nitrogen and oxygen atoms in total. The van der Waals surface area contributed by atoms with Gasteiger partial charge in [0.2, 0.25) is 0 Å². The van der Waals surface area contributed by atoms with Crippen LogP contribution in [0.5, 0.6) is 5.75 Å². The van der Waals surface area contributed by atoms with Crippen molar-refractivity contribution in [1.82, 2.24) is 0 Å². The smallest absolute Gasteiger partial charge is 0.262 e. The van der Waals surface area contributed by atoms with Crippen LogP contribution in [0.2, 0.25) is 5.02 Å². The summed E-state index contributed by atoms with van der Waals surface area (Å²) in [7, 11) is 0. The molecule has 0 bridgehead atoms. The lowest BCUT2D eigenvalue weighted by molar-refractivity contribution is -0.118. The molecule has 2 rings (SSSR count). The minimum Gasteiger partial charge on any atom is -0.484 e. The third kappa shape index (κ3) is 4.10. The van der Waals surface area contributed by atoms with Crippen molar-refractivity contribution >= 4 is 28.9 Å². The average molecular weight is 309 g/mol. The molecule has 0 aromatic heterocycles. The summed E-state index contributed by atoms with van der Waals surface area (Å²) in [5.74, 6) is -0.725. The van der Waals surface area contributed by atoms with Crippen molar-refractivity contribution in [3.63, 3.8) is 0 Å². The van der Waals surface area contributed by atoms with E-state index in [1.54, 1.807) is 18.2 Å². The summed E-state index contributed by atoms with van der Waals surface area (Å²) in [5, 5.41) is 2.69. The SMILES string of the molecule is Cc1ccc(N)cc1NC(=O)COc1ccc(Cl)c(F)c1. The van der Waals surface area contributed by atoms with Gasteiger partial charge in [0.25, 0.3) is 5.91 Å². The number of rotatable bonds is 4. The molecule has 21 heavy (non-hydrogen) atoms. The predicted octanol–water partition coefficient (Wildman–Crippen LogP) is 3.39. The van der Waals surface area contributed by atoms with Crippen LogP contribution in [0.4, 0.5) is 15.8 Å². The van der Waals surface area contributed by atoms with Gasteiger partial charge < -0.3 is 15.8 Å². The maximum atomic E-state index is 13.2. The molecule has 2 aromatic rings. The van der Waals surface area contributed by atoms with Crippen molar-refractivity contribution in [3.05, 3.63) is 52.8 Å². The van der Waals surface area contributed by atoms with Gasteiger partial charge in [-0.25, -0.2) is 4.39 Å². The molecule has 6 heteroatoms. The summed E-state index contributed by atoms with van der Waals surface area (Å²) in [6, 6.07) is 9.20. The van der Waals surface area contributed by atoms with E-state index in [4.69, 9.17) is 22.1 Å². The van der Waals surface area contributed by atoms with Gasteiger partial charge in [-0.1, -0.05) is 17.7 Å². The first-order valence-corrected chi connectivity index (χ1v) is 6.57. The number of carbonyl (C=O) groups excluding carboxylic acids is 1. The number of hydrogen-bond acceptors (Lipinski definition) is 3. The second-order valence-electron chi connectivity index (χ2n) is 4.49. The van der Waals surface area contributed by atoms with E-state index >= 15 is 0 Å². The number of nitrogens with one attached hydrogen (secondary N) is 1. The van der Waals surface area contributed by atoms with Gasteiger partial charge in [-0.15, -0.1) is 0 Å². The molecular formula is C15H14ClFN2O2. The molecule has 0 atom stereocenters. The third-order valence-corrected chi connectivity index (χ3v) is 3.10. The molecule has 0 aliphatic carbocycles. The fraction of sp³-hybridized carbons (Fsp3) is 0.133. The van der Waals surface area contributed by atoms with Crippen LogP contribution in [0.15, 0.2) is 36.4 Å². The number of anilines is 2. The molecule has 0 saturated carbocycles. The van der Waals surface area contributed by atoms with Crippen LogP contribution in [0, 0.1) is 12.7 Å². The Morgan fingerprint density at radius 2 is 2.10 bits per heavy atom. The van der Waals surface area contributed by atoms with E-state index in [0.29, 0.717) is 11.4 Å². The second-order valence-corrected chi connectivity index (χ2v) is 4.89. The van der Waals surface area contributed by atoms with Gasteiger partial charge in [0, 0.05) is 17.4 Å².